The lowest BCUT2D eigenvalue weighted by atomic mass is 9.64. The van der Waals surface area contributed by atoms with Gasteiger partial charge in [-0.1, -0.05) is 34.3 Å². The third-order valence-corrected chi connectivity index (χ3v) is 6.05. The lowest BCUT2D eigenvalue weighted by Crippen LogP contribution is -2.44. The van der Waals surface area contributed by atoms with E-state index in [-0.39, 0.29) is 63.2 Å². The minimum Gasteiger partial charge on any atom is -0.481 e. The minimum absolute atomic E-state index is 0.0152. The first-order valence-corrected chi connectivity index (χ1v) is 13.3. The molecule has 0 bridgehead atoms. The third-order valence-electron chi connectivity index (χ3n) is 6.05. The number of aliphatic hydroxyl groups is 1. The summed E-state index contributed by atoms with van der Waals surface area (Å²) in [4.78, 5) is 61.4. The Morgan fingerprint density at radius 3 is 1.88 bits per heavy atom. The number of amides is 1. The van der Waals surface area contributed by atoms with Crippen molar-refractivity contribution in [2.75, 3.05) is 39.6 Å². The molecule has 0 aliphatic carbocycles. The molecule has 230 valence electrons. The molecule has 3 N–H and O–H groups in total. The van der Waals surface area contributed by atoms with E-state index in [9.17, 15) is 29.1 Å². The van der Waals surface area contributed by atoms with Crippen LogP contribution >= 0.6 is 0 Å². The topological polar surface area (TPSA) is 175 Å². The van der Waals surface area contributed by atoms with Gasteiger partial charge in [-0.05, 0) is 51.9 Å². The van der Waals surface area contributed by atoms with Gasteiger partial charge in [-0.3, -0.25) is 14.4 Å². The van der Waals surface area contributed by atoms with Gasteiger partial charge in [0.05, 0.1) is 29.9 Å². The summed E-state index contributed by atoms with van der Waals surface area (Å²) in [5, 5.41) is 21.2. The van der Waals surface area contributed by atoms with E-state index in [0.717, 1.165) is 0 Å². The van der Waals surface area contributed by atoms with Gasteiger partial charge < -0.3 is 34.5 Å². The number of hydrogen-bond acceptors (Lipinski definition) is 10. The fourth-order valence-electron chi connectivity index (χ4n) is 4.64. The van der Waals surface area contributed by atoms with Crippen LogP contribution in [-0.4, -0.2) is 79.8 Å². The normalized spacial score (nSPS) is 15.0. The molecule has 0 radical (unpaired) electrons. The predicted octanol–water partition coefficient (Wildman–Crippen LogP) is 3.25. The summed E-state index contributed by atoms with van der Waals surface area (Å²) < 4.78 is 20.5. The van der Waals surface area contributed by atoms with E-state index < -0.39 is 53.3 Å². The van der Waals surface area contributed by atoms with Crippen molar-refractivity contribution in [2.45, 2.75) is 74.1 Å². The summed E-state index contributed by atoms with van der Waals surface area (Å²) in [6.45, 7) is 14.4. The molecular weight excluding hydrogens is 526 g/mol. The summed E-state index contributed by atoms with van der Waals surface area (Å²) >= 11 is 0. The molecule has 0 heterocycles. The zero-order valence-corrected chi connectivity index (χ0v) is 24.9. The van der Waals surface area contributed by atoms with Gasteiger partial charge in [-0.25, -0.2) is 9.59 Å². The lowest BCUT2D eigenvalue weighted by molar-refractivity contribution is -0.168. The fraction of sp³-hybridized carbons (Fsp3) is 0.750. The highest BCUT2D eigenvalue weighted by Gasteiger charge is 2.49. The summed E-state index contributed by atoms with van der Waals surface area (Å²) in [5.74, 6) is -3.83. The van der Waals surface area contributed by atoms with Crippen LogP contribution in [0.15, 0.2) is 12.2 Å². The highest BCUT2D eigenvalue weighted by molar-refractivity contribution is 5.87. The predicted molar refractivity (Wildman–Crippen MR) is 145 cm³/mol. The maximum atomic E-state index is 13.4. The van der Waals surface area contributed by atoms with Crippen molar-refractivity contribution < 1.29 is 53.1 Å². The zero-order valence-electron chi connectivity index (χ0n) is 24.9. The monoisotopic (exact) mass is 573 g/mol. The molecule has 0 spiro atoms. The molecule has 40 heavy (non-hydrogen) atoms. The van der Waals surface area contributed by atoms with E-state index in [1.807, 2.05) is 20.8 Å². The Balaban J connectivity index is 5.44. The standard InChI is InChI=1S/C28H47NO11/c1-9-20(21(31)32)16-27(7,23(34)38-13-11-30)18-28(8,17-26(4,5)6)24(35)39-14-15-40-25(36)29-10-12-37-22(33)19(2)3/h20,30H,2,9-18H2,1,3-8H3,(H,29,36)(H,31,32). The number of carboxylic acids is 1. The highest BCUT2D eigenvalue weighted by atomic mass is 16.6. The Kier molecular flexibility index (Phi) is 15.5. The number of alkyl carbamates (subject to hydrolysis) is 1. The van der Waals surface area contributed by atoms with Gasteiger partial charge in [0.1, 0.15) is 26.4 Å². The first-order valence-electron chi connectivity index (χ1n) is 13.3. The minimum atomic E-state index is -1.36. The number of carbonyl (C=O) groups is 5. The Labute approximate surface area is 236 Å². The van der Waals surface area contributed by atoms with Gasteiger partial charge in [-0.2, -0.15) is 0 Å². The van der Waals surface area contributed by atoms with Crippen LogP contribution in [0, 0.1) is 22.2 Å². The largest absolute Gasteiger partial charge is 0.481 e. The number of hydrogen-bond donors (Lipinski definition) is 3. The van der Waals surface area contributed by atoms with Crippen LogP contribution in [0.1, 0.15) is 74.1 Å². The number of nitrogens with one attached hydrogen (secondary N) is 1. The van der Waals surface area contributed by atoms with E-state index in [2.05, 4.69) is 11.9 Å². The van der Waals surface area contributed by atoms with Crippen LogP contribution < -0.4 is 5.32 Å². The number of aliphatic carboxylic acids is 1. The molecule has 0 aliphatic rings. The molecule has 1 amide bonds. The fourth-order valence-corrected chi connectivity index (χ4v) is 4.64. The number of esters is 3. The van der Waals surface area contributed by atoms with E-state index in [1.165, 1.54) is 6.92 Å². The van der Waals surface area contributed by atoms with Gasteiger partial charge in [-0.15, -0.1) is 0 Å². The number of ether oxygens (including phenoxy) is 4. The molecule has 12 nitrogen and oxygen atoms in total. The Morgan fingerprint density at radius 1 is 0.825 bits per heavy atom. The molecule has 0 aromatic rings. The van der Waals surface area contributed by atoms with Gasteiger partial charge in [0.25, 0.3) is 0 Å². The maximum absolute atomic E-state index is 13.4. The van der Waals surface area contributed by atoms with E-state index >= 15 is 0 Å². The van der Waals surface area contributed by atoms with Gasteiger partial charge in [0.15, 0.2) is 0 Å². The average Bonchev–Trinajstić information content (AvgIpc) is 2.84. The second-order valence-corrected chi connectivity index (χ2v) is 11.7. The molecule has 0 aromatic carbocycles. The van der Waals surface area contributed by atoms with Gasteiger partial charge >= 0.3 is 30.0 Å². The van der Waals surface area contributed by atoms with Crippen LogP contribution in [0.3, 0.4) is 0 Å². The zero-order chi connectivity index (χ0) is 31.1. The van der Waals surface area contributed by atoms with E-state index in [4.69, 9.17) is 24.1 Å². The lowest BCUT2D eigenvalue weighted by Gasteiger charge is -2.40. The van der Waals surface area contributed by atoms with Crippen LogP contribution in [0.4, 0.5) is 4.79 Å². The molecule has 3 unspecified atom stereocenters. The molecule has 0 aromatic heterocycles. The second kappa shape index (κ2) is 16.8. The van der Waals surface area contributed by atoms with Crippen molar-refractivity contribution in [3.63, 3.8) is 0 Å². The van der Waals surface area contributed by atoms with Gasteiger partial charge in [0.2, 0.25) is 0 Å². The Morgan fingerprint density at radius 2 is 1.38 bits per heavy atom. The first-order chi connectivity index (χ1) is 18.4. The summed E-state index contributed by atoms with van der Waals surface area (Å²) in [6.07, 6.45) is -0.349. The molecule has 0 saturated carbocycles. The van der Waals surface area contributed by atoms with Crippen molar-refractivity contribution in [2.24, 2.45) is 22.2 Å². The van der Waals surface area contributed by atoms with Crippen molar-refractivity contribution in [3.05, 3.63) is 12.2 Å². The Hall–Kier alpha value is -3.15. The van der Waals surface area contributed by atoms with Crippen LogP contribution in [0.5, 0.6) is 0 Å². The van der Waals surface area contributed by atoms with Gasteiger partial charge in [0, 0.05) is 5.57 Å². The quantitative estimate of drug-likeness (QED) is 0.0950. The molecule has 0 rings (SSSR count). The third kappa shape index (κ3) is 13.8. The van der Waals surface area contributed by atoms with E-state index in [1.54, 1.807) is 20.8 Å². The molecule has 0 aliphatic heterocycles. The number of carboxylic acid groups (broad SMARTS) is 1. The van der Waals surface area contributed by atoms with Crippen LogP contribution in [-0.2, 0) is 38.1 Å². The van der Waals surface area contributed by atoms with E-state index in [0.29, 0.717) is 6.42 Å². The van der Waals surface area contributed by atoms with Crippen molar-refractivity contribution in [3.8, 4) is 0 Å². The molecule has 0 saturated heterocycles. The van der Waals surface area contributed by atoms with Crippen LogP contribution in [0.2, 0.25) is 0 Å². The van der Waals surface area contributed by atoms with Crippen molar-refractivity contribution in [1.82, 2.24) is 5.32 Å². The highest BCUT2D eigenvalue weighted by Crippen LogP contribution is 2.46. The molecule has 3 atom stereocenters. The van der Waals surface area contributed by atoms with Crippen molar-refractivity contribution >= 4 is 30.0 Å². The SMILES string of the molecule is C=C(C)C(=O)OCCNC(=O)OCCOC(=O)C(C)(CC(C)(C)C)CC(C)(CC(CC)C(=O)O)C(=O)OCCO. The number of aliphatic hydroxyl groups excluding tert-OH is 1. The summed E-state index contributed by atoms with van der Waals surface area (Å²) in [7, 11) is 0. The Bertz CT molecular complexity index is 895. The second-order valence-electron chi connectivity index (χ2n) is 11.7. The molecular formula is C28H47NO11. The molecule has 12 heteroatoms. The average molecular weight is 574 g/mol. The number of rotatable bonds is 18. The first kappa shape index (κ1) is 36.8. The summed E-state index contributed by atoms with van der Waals surface area (Å²) in [5.41, 5.74) is -2.73. The smallest absolute Gasteiger partial charge is 0.407 e. The number of carbonyl (C=O) groups excluding carboxylic acids is 4. The van der Waals surface area contributed by atoms with Crippen LogP contribution in [0.25, 0.3) is 0 Å². The molecule has 0 fully saturated rings. The summed E-state index contributed by atoms with van der Waals surface area (Å²) in [6, 6.07) is 0. The van der Waals surface area contributed by atoms with Crippen molar-refractivity contribution in [1.29, 1.82) is 0 Å². The maximum Gasteiger partial charge on any atom is 0.407 e.